The number of likely N-dealkylation sites (N-methyl/N-ethyl adjacent to an activating group) is 1. The molecule has 1 N–H and O–H groups in total. The fraction of sp³-hybridized carbons (Fsp3) is 0.500. The monoisotopic (exact) mass is 277 g/mol. The molecule has 1 aromatic carbocycles. The van der Waals surface area contributed by atoms with Crippen molar-refractivity contribution in [2.75, 3.05) is 20.1 Å². The lowest BCUT2D eigenvalue weighted by atomic mass is 10.0. The van der Waals surface area contributed by atoms with Crippen molar-refractivity contribution in [3.8, 4) is 0 Å². The quantitative estimate of drug-likeness (QED) is 0.671. The zero-order chi connectivity index (χ0) is 14.7. The molecule has 0 aromatic heterocycles. The minimum absolute atomic E-state index is 0.106. The van der Waals surface area contributed by atoms with E-state index in [0.717, 1.165) is 12.8 Å². The van der Waals surface area contributed by atoms with Gasteiger partial charge < -0.3 is 10.2 Å². The van der Waals surface area contributed by atoms with E-state index in [-0.39, 0.29) is 23.2 Å². The first kappa shape index (κ1) is 14.5. The summed E-state index contributed by atoms with van der Waals surface area (Å²) in [5, 5.41) is 14.2. The summed E-state index contributed by atoms with van der Waals surface area (Å²) in [6.07, 6.45) is 1.88. The van der Waals surface area contributed by atoms with E-state index in [1.807, 2.05) is 7.05 Å². The number of nitro benzene ring substituents is 1. The summed E-state index contributed by atoms with van der Waals surface area (Å²) in [5.74, 6) is -0.229. The lowest BCUT2D eigenvalue weighted by Crippen LogP contribution is -2.41. The highest BCUT2D eigenvalue weighted by molar-refractivity contribution is 5.99. The van der Waals surface area contributed by atoms with Crippen LogP contribution in [0.5, 0.6) is 0 Å². The number of likely N-dealkylation sites (tertiary alicyclic amines) is 1. The second kappa shape index (κ2) is 6.00. The SMILES string of the molecule is CNCC1CCCN1C(=O)c1c(C)cccc1[N+](=O)[O-]. The van der Waals surface area contributed by atoms with Crippen molar-refractivity contribution in [2.24, 2.45) is 0 Å². The van der Waals surface area contributed by atoms with Crippen LogP contribution in [0.1, 0.15) is 28.8 Å². The third-order valence-corrected chi connectivity index (χ3v) is 3.74. The fourth-order valence-electron chi connectivity index (χ4n) is 2.78. The first-order valence-electron chi connectivity index (χ1n) is 6.75. The number of benzene rings is 1. The Morgan fingerprint density at radius 3 is 2.95 bits per heavy atom. The van der Waals surface area contributed by atoms with Crippen molar-refractivity contribution in [3.63, 3.8) is 0 Å². The molecule has 6 heteroatoms. The van der Waals surface area contributed by atoms with Crippen LogP contribution in [-0.2, 0) is 0 Å². The second-order valence-electron chi connectivity index (χ2n) is 5.08. The van der Waals surface area contributed by atoms with Gasteiger partial charge in [-0.1, -0.05) is 12.1 Å². The van der Waals surface area contributed by atoms with Crippen molar-refractivity contribution < 1.29 is 9.72 Å². The molecule has 0 saturated carbocycles. The second-order valence-corrected chi connectivity index (χ2v) is 5.08. The molecule has 0 bridgehead atoms. The standard InChI is InChI=1S/C14H19N3O3/c1-10-5-3-7-12(17(19)20)13(10)14(18)16-8-4-6-11(16)9-15-2/h3,5,7,11,15H,4,6,8-9H2,1-2H3. The van der Waals surface area contributed by atoms with E-state index >= 15 is 0 Å². The molecule has 2 rings (SSSR count). The molecule has 0 spiro atoms. The van der Waals surface area contributed by atoms with E-state index in [2.05, 4.69) is 5.32 Å². The van der Waals surface area contributed by atoms with Crippen molar-refractivity contribution in [2.45, 2.75) is 25.8 Å². The van der Waals surface area contributed by atoms with Gasteiger partial charge in [0.05, 0.1) is 4.92 Å². The molecule has 1 atom stereocenters. The maximum Gasteiger partial charge on any atom is 0.282 e. The first-order chi connectivity index (χ1) is 9.56. The van der Waals surface area contributed by atoms with Gasteiger partial charge in [0.2, 0.25) is 0 Å². The molecule has 1 unspecified atom stereocenters. The van der Waals surface area contributed by atoms with Crippen molar-refractivity contribution >= 4 is 11.6 Å². The van der Waals surface area contributed by atoms with Crippen LogP contribution in [0, 0.1) is 17.0 Å². The van der Waals surface area contributed by atoms with Crippen LogP contribution in [0.2, 0.25) is 0 Å². The Morgan fingerprint density at radius 1 is 1.55 bits per heavy atom. The van der Waals surface area contributed by atoms with Gasteiger partial charge in [-0.2, -0.15) is 0 Å². The third kappa shape index (κ3) is 2.65. The summed E-state index contributed by atoms with van der Waals surface area (Å²) in [5.41, 5.74) is 0.768. The number of hydrogen-bond acceptors (Lipinski definition) is 4. The normalized spacial score (nSPS) is 18.3. The molecule has 20 heavy (non-hydrogen) atoms. The van der Waals surface area contributed by atoms with Gasteiger partial charge in [-0.15, -0.1) is 0 Å². The Balaban J connectivity index is 2.36. The van der Waals surface area contributed by atoms with E-state index in [1.165, 1.54) is 6.07 Å². The molecule has 1 amide bonds. The Labute approximate surface area is 117 Å². The predicted molar refractivity (Wildman–Crippen MR) is 75.8 cm³/mol. The molecule has 1 fully saturated rings. The number of carbonyl (C=O) groups is 1. The third-order valence-electron chi connectivity index (χ3n) is 3.74. The smallest absolute Gasteiger partial charge is 0.282 e. The summed E-state index contributed by atoms with van der Waals surface area (Å²) in [4.78, 5) is 25.1. The van der Waals surface area contributed by atoms with Gasteiger partial charge in [-0.3, -0.25) is 14.9 Å². The fourth-order valence-corrected chi connectivity index (χ4v) is 2.78. The molecule has 0 radical (unpaired) electrons. The zero-order valence-electron chi connectivity index (χ0n) is 11.8. The number of nitrogens with one attached hydrogen (secondary N) is 1. The summed E-state index contributed by atoms with van der Waals surface area (Å²) in [7, 11) is 1.84. The molecular formula is C14H19N3O3. The van der Waals surface area contributed by atoms with Gasteiger partial charge in [0.25, 0.3) is 11.6 Å². The Bertz CT molecular complexity index is 530. The summed E-state index contributed by atoms with van der Waals surface area (Å²) < 4.78 is 0. The molecule has 1 aliphatic heterocycles. The average molecular weight is 277 g/mol. The van der Waals surface area contributed by atoms with Gasteiger partial charge >= 0.3 is 0 Å². The van der Waals surface area contributed by atoms with Gasteiger partial charge in [0.1, 0.15) is 5.56 Å². The topological polar surface area (TPSA) is 75.5 Å². The predicted octanol–water partition coefficient (Wildman–Crippen LogP) is 1.73. The Morgan fingerprint density at radius 2 is 2.30 bits per heavy atom. The number of rotatable bonds is 4. The average Bonchev–Trinajstić information content (AvgIpc) is 2.86. The van der Waals surface area contributed by atoms with Crippen LogP contribution in [0.15, 0.2) is 18.2 Å². The highest BCUT2D eigenvalue weighted by atomic mass is 16.6. The lowest BCUT2D eigenvalue weighted by Gasteiger charge is -2.25. The number of aryl methyl sites for hydroxylation is 1. The van der Waals surface area contributed by atoms with Gasteiger partial charge in [-0.05, 0) is 32.4 Å². The molecule has 1 heterocycles. The van der Waals surface area contributed by atoms with Crippen LogP contribution in [-0.4, -0.2) is 41.9 Å². The number of nitro groups is 1. The molecule has 1 saturated heterocycles. The molecule has 108 valence electrons. The van der Waals surface area contributed by atoms with Gasteiger partial charge in [0, 0.05) is 25.2 Å². The number of amides is 1. The van der Waals surface area contributed by atoms with E-state index < -0.39 is 4.92 Å². The lowest BCUT2D eigenvalue weighted by molar-refractivity contribution is -0.385. The van der Waals surface area contributed by atoms with Crippen LogP contribution in [0.3, 0.4) is 0 Å². The van der Waals surface area contributed by atoms with E-state index in [1.54, 1.807) is 24.0 Å². The largest absolute Gasteiger partial charge is 0.334 e. The minimum atomic E-state index is -0.483. The Kier molecular flexibility index (Phi) is 4.34. The van der Waals surface area contributed by atoms with Crippen molar-refractivity contribution in [3.05, 3.63) is 39.4 Å². The number of carbonyl (C=O) groups excluding carboxylic acids is 1. The van der Waals surface area contributed by atoms with Crippen LogP contribution < -0.4 is 5.32 Å². The number of nitrogens with zero attached hydrogens (tertiary/aromatic N) is 2. The minimum Gasteiger partial charge on any atom is -0.334 e. The van der Waals surface area contributed by atoms with E-state index in [4.69, 9.17) is 0 Å². The maximum absolute atomic E-state index is 12.7. The van der Waals surface area contributed by atoms with Crippen molar-refractivity contribution in [1.82, 2.24) is 10.2 Å². The van der Waals surface area contributed by atoms with E-state index in [9.17, 15) is 14.9 Å². The van der Waals surface area contributed by atoms with Crippen LogP contribution >= 0.6 is 0 Å². The molecule has 0 aliphatic carbocycles. The van der Waals surface area contributed by atoms with E-state index in [0.29, 0.717) is 18.7 Å². The Hall–Kier alpha value is -1.95. The summed E-state index contributed by atoms with van der Waals surface area (Å²) in [6.45, 7) is 3.12. The highest BCUT2D eigenvalue weighted by Crippen LogP contribution is 2.27. The molecule has 1 aliphatic rings. The molecule has 1 aromatic rings. The van der Waals surface area contributed by atoms with Gasteiger partial charge in [0.15, 0.2) is 0 Å². The highest BCUT2D eigenvalue weighted by Gasteiger charge is 2.33. The molecule has 6 nitrogen and oxygen atoms in total. The van der Waals surface area contributed by atoms with Crippen LogP contribution in [0.4, 0.5) is 5.69 Å². The maximum atomic E-state index is 12.7. The zero-order valence-corrected chi connectivity index (χ0v) is 11.8. The van der Waals surface area contributed by atoms with Gasteiger partial charge in [-0.25, -0.2) is 0 Å². The molecular weight excluding hydrogens is 258 g/mol. The summed E-state index contributed by atoms with van der Waals surface area (Å²) >= 11 is 0. The van der Waals surface area contributed by atoms with Crippen LogP contribution in [0.25, 0.3) is 0 Å². The first-order valence-corrected chi connectivity index (χ1v) is 6.75. The number of hydrogen-bond donors (Lipinski definition) is 1. The summed E-state index contributed by atoms with van der Waals surface area (Å²) in [6, 6.07) is 4.86. The van der Waals surface area contributed by atoms with Crippen molar-refractivity contribution in [1.29, 1.82) is 0 Å².